The van der Waals surface area contributed by atoms with Crippen LogP contribution in [0.4, 0.5) is 4.39 Å². The van der Waals surface area contributed by atoms with Gasteiger partial charge in [0.25, 0.3) is 0 Å². The quantitative estimate of drug-likeness (QED) is 0.663. The van der Waals surface area contributed by atoms with E-state index in [9.17, 15) is 9.18 Å². The summed E-state index contributed by atoms with van der Waals surface area (Å²) in [4.78, 5) is 14.6. The third-order valence-electron chi connectivity index (χ3n) is 5.01. The van der Waals surface area contributed by atoms with Crippen LogP contribution in [0.3, 0.4) is 0 Å². The van der Waals surface area contributed by atoms with Crippen molar-refractivity contribution < 1.29 is 13.5 Å². The minimum atomic E-state index is -0.546. The first-order valence-electron chi connectivity index (χ1n) is 9.34. The molecule has 29 heavy (non-hydrogen) atoms. The first-order chi connectivity index (χ1) is 14.1. The Kier molecular flexibility index (Phi) is 5.41. The molecule has 0 saturated heterocycles. The van der Waals surface area contributed by atoms with Gasteiger partial charge in [-0.25, -0.2) is 4.39 Å². The lowest BCUT2D eigenvalue weighted by Crippen LogP contribution is -2.30. The highest BCUT2D eigenvalue weighted by molar-refractivity contribution is 5.33. The van der Waals surface area contributed by atoms with E-state index in [-0.39, 0.29) is 28.9 Å². The van der Waals surface area contributed by atoms with Gasteiger partial charge in [-0.2, -0.15) is 5.26 Å². The van der Waals surface area contributed by atoms with E-state index in [2.05, 4.69) is 23.1 Å². The average molecular weight is 390 g/mol. The highest BCUT2D eigenvalue weighted by atomic mass is 19.1. The van der Waals surface area contributed by atoms with Crippen molar-refractivity contribution in [3.8, 4) is 11.8 Å². The second-order valence-electron chi connectivity index (χ2n) is 7.01. The van der Waals surface area contributed by atoms with Crippen molar-refractivity contribution in [3.63, 3.8) is 0 Å². The Morgan fingerprint density at radius 1 is 1.17 bits per heavy atom. The Balaban J connectivity index is 1.40. The van der Waals surface area contributed by atoms with Crippen LogP contribution in [0.5, 0.6) is 5.75 Å². The number of nitrogens with zero attached hydrogens (tertiary/aromatic N) is 2. The molecule has 0 radical (unpaired) electrons. The topological polar surface area (TPSA) is 66.5 Å². The molecule has 3 aromatic rings. The third kappa shape index (κ3) is 4.36. The van der Waals surface area contributed by atoms with Crippen LogP contribution in [0.15, 0.2) is 64.0 Å². The molecule has 5 nitrogen and oxygen atoms in total. The smallest absolute Gasteiger partial charge is 0.227 e. The summed E-state index contributed by atoms with van der Waals surface area (Å²) in [5, 5.41) is 8.78. The summed E-state index contributed by atoms with van der Waals surface area (Å²) in [5.41, 5.74) is 2.85. The standard InChI is InChI=1S/C23H19FN2O3/c24-21-9-16(11-25)5-6-19(21)14-29-23-15-28-20(10-22(23)27)13-26-8-7-17-3-1-2-4-18(17)12-26/h1-6,9-10,15H,7-8,12-14H2. The number of fused-ring (bicyclic) bond motifs is 1. The van der Waals surface area contributed by atoms with Gasteiger partial charge < -0.3 is 9.15 Å². The van der Waals surface area contributed by atoms with Crippen LogP contribution < -0.4 is 10.2 Å². The van der Waals surface area contributed by atoms with Gasteiger partial charge in [0.15, 0.2) is 0 Å². The van der Waals surface area contributed by atoms with E-state index in [1.165, 1.54) is 35.6 Å². The van der Waals surface area contributed by atoms with E-state index in [0.717, 1.165) is 25.6 Å². The SMILES string of the molecule is N#Cc1ccc(COc2coc(CN3CCc4ccccc4C3)cc2=O)c(F)c1. The Hall–Kier alpha value is -3.43. The van der Waals surface area contributed by atoms with Gasteiger partial charge in [0.2, 0.25) is 11.2 Å². The van der Waals surface area contributed by atoms with E-state index >= 15 is 0 Å². The van der Waals surface area contributed by atoms with E-state index < -0.39 is 5.82 Å². The number of hydrogen-bond donors (Lipinski definition) is 0. The fourth-order valence-electron chi connectivity index (χ4n) is 3.43. The minimum Gasteiger partial charge on any atom is -0.482 e. The first kappa shape index (κ1) is 18.9. The molecular formula is C23H19FN2O3. The predicted molar refractivity (Wildman–Crippen MR) is 105 cm³/mol. The van der Waals surface area contributed by atoms with Crippen LogP contribution in [0, 0.1) is 17.1 Å². The molecule has 0 N–H and O–H groups in total. The number of benzene rings is 2. The molecule has 1 aromatic heterocycles. The van der Waals surface area contributed by atoms with Crippen LogP contribution >= 0.6 is 0 Å². The maximum atomic E-state index is 13.9. The molecule has 0 saturated carbocycles. The molecular weight excluding hydrogens is 371 g/mol. The Morgan fingerprint density at radius 2 is 2.00 bits per heavy atom. The van der Waals surface area contributed by atoms with Gasteiger partial charge in [-0.3, -0.25) is 9.69 Å². The van der Waals surface area contributed by atoms with Crippen molar-refractivity contribution in [3.05, 3.63) is 98.8 Å². The molecule has 6 heteroatoms. The van der Waals surface area contributed by atoms with Crippen LogP contribution in [0.1, 0.15) is 28.0 Å². The summed E-state index contributed by atoms with van der Waals surface area (Å²) in [5.74, 6) is 0.0446. The second kappa shape index (κ2) is 8.29. The molecule has 1 aliphatic rings. The Labute approximate surface area is 167 Å². The fourth-order valence-corrected chi connectivity index (χ4v) is 3.43. The lowest BCUT2D eigenvalue weighted by atomic mass is 10.00. The summed E-state index contributed by atoms with van der Waals surface area (Å²) in [7, 11) is 0. The van der Waals surface area contributed by atoms with E-state index in [4.69, 9.17) is 14.4 Å². The van der Waals surface area contributed by atoms with Crippen molar-refractivity contribution >= 4 is 0 Å². The number of halogens is 1. The fraction of sp³-hybridized carbons (Fsp3) is 0.217. The molecule has 2 heterocycles. The van der Waals surface area contributed by atoms with Crippen molar-refractivity contribution in [1.82, 2.24) is 4.90 Å². The van der Waals surface area contributed by atoms with Crippen molar-refractivity contribution in [2.75, 3.05) is 6.54 Å². The van der Waals surface area contributed by atoms with E-state index in [1.807, 2.05) is 12.1 Å². The minimum absolute atomic E-state index is 0.0292. The first-order valence-corrected chi connectivity index (χ1v) is 9.34. The van der Waals surface area contributed by atoms with Gasteiger partial charge in [-0.15, -0.1) is 0 Å². The van der Waals surface area contributed by atoms with Crippen LogP contribution in [-0.2, 0) is 26.1 Å². The van der Waals surface area contributed by atoms with E-state index in [0.29, 0.717) is 12.3 Å². The molecule has 0 atom stereocenters. The summed E-state index contributed by atoms with van der Waals surface area (Å²) in [6, 6.07) is 15.8. The van der Waals surface area contributed by atoms with Crippen LogP contribution in [0.25, 0.3) is 0 Å². The molecule has 2 aromatic carbocycles. The second-order valence-corrected chi connectivity index (χ2v) is 7.01. The highest BCUT2D eigenvalue weighted by Gasteiger charge is 2.17. The highest BCUT2D eigenvalue weighted by Crippen LogP contribution is 2.20. The molecule has 0 fully saturated rings. The van der Waals surface area contributed by atoms with Crippen LogP contribution in [0.2, 0.25) is 0 Å². The zero-order chi connectivity index (χ0) is 20.2. The number of hydrogen-bond acceptors (Lipinski definition) is 5. The molecule has 4 rings (SSSR count). The lowest BCUT2D eigenvalue weighted by molar-refractivity contribution is 0.220. The van der Waals surface area contributed by atoms with Crippen molar-refractivity contribution in [2.45, 2.75) is 26.1 Å². The van der Waals surface area contributed by atoms with Crippen LogP contribution in [-0.4, -0.2) is 11.4 Å². The number of nitriles is 1. The van der Waals surface area contributed by atoms with Gasteiger partial charge in [0, 0.05) is 24.7 Å². The molecule has 1 aliphatic heterocycles. The molecule has 0 spiro atoms. The molecule has 0 bridgehead atoms. The largest absolute Gasteiger partial charge is 0.482 e. The number of rotatable bonds is 5. The van der Waals surface area contributed by atoms with Gasteiger partial charge in [-0.1, -0.05) is 30.3 Å². The zero-order valence-corrected chi connectivity index (χ0v) is 15.7. The summed E-state index contributed by atoms with van der Waals surface area (Å²) < 4.78 is 24.9. The van der Waals surface area contributed by atoms with Gasteiger partial charge in [-0.05, 0) is 29.7 Å². The molecule has 146 valence electrons. The normalized spacial score (nSPS) is 13.5. The molecule has 0 aliphatic carbocycles. The van der Waals surface area contributed by atoms with Gasteiger partial charge in [0.05, 0.1) is 18.2 Å². The Morgan fingerprint density at radius 3 is 2.76 bits per heavy atom. The van der Waals surface area contributed by atoms with Gasteiger partial charge >= 0.3 is 0 Å². The van der Waals surface area contributed by atoms with Crippen molar-refractivity contribution in [1.29, 1.82) is 5.26 Å². The maximum Gasteiger partial charge on any atom is 0.227 e. The lowest BCUT2D eigenvalue weighted by Gasteiger charge is -2.28. The van der Waals surface area contributed by atoms with Gasteiger partial charge in [0.1, 0.15) is 24.4 Å². The molecule has 0 amide bonds. The number of ether oxygens (including phenoxy) is 1. The van der Waals surface area contributed by atoms with Crippen molar-refractivity contribution in [2.24, 2.45) is 0 Å². The predicted octanol–water partition coefficient (Wildman–Crippen LogP) is 3.79. The zero-order valence-electron chi connectivity index (χ0n) is 15.7. The summed E-state index contributed by atoms with van der Waals surface area (Å²) in [6.07, 6.45) is 2.24. The Bertz CT molecular complexity index is 1130. The summed E-state index contributed by atoms with van der Waals surface area (Å²) >= 11 is 0. The monoisotopic (exact) mass is 390 g/mol. The average Bonchev–Trinajstić information content (AvgIpc) is 2.74. The maximum absolute atomic E-state index is 13.9. The summed E-state index contributed by atoms with van der Waals surface area (Å²) in [6.45, 7) is 2.13. The van der Waals surface area contributed by atoms with E-state index in [1.54, 1.807) is 0 Å². The third-order valence-corrected chi connectivity index (χ3v) is 5.01. The molecule has 0 unspecified atom stereocenters.